The van der Waals surface area contributed by atoms with Crippen LogP contribution in [0.3, 0.4) is 0 Å². The van der Waals surface area contributed by atoms with Crippen LogP contribution >= 0.6 is 27.3 Å². The van der Waals surface area contributed by atoms with Gasteiger partial charge < -0.3 is 5.32 Å². The number of thiophene rings is 1. The fraction of sp³-hybridized carbons (Fsp3) is 0.600. The average molecular weight is 316 g/mol. The number of hydrogen-bond donors (Lipinski definition) is 1. The van der Waals surface area contributed by atoms with Gasteiger partial charge in [0.05, 0.1) is 12.5 Å². The smallest absolute Gasteiger partial charge is 0.309 e. The topological polar surface area (TPSA) is 12.0 Å². The molecule has 1 aromatic heterocycles. The van der Waals surface area contributed by atoms with Crippen LogP contribution in [0.5, 0.6) is 0 Å². The first-order valence-corrected chi connectivity index (χ1v) is 6.50. The van der Waals surface area contributed by atoms with Crippen molar-refractivity contribution in [2.75, 3.05) is 6.54 Å². The summed E-state index contributed by atoms with van der Waals surface area (Å²) in [5.41, 5.74) is 0. The van der Waals surface area contributed by atoms with E-state index in [1.165, 1.54) is 11.3 Å². The van der Waals surface area contributed by atoms with E-state index in [0.717, 1.165) is 14.2 Å². The van der Waals surface area contributed by atoms with E-state index < -0.39 is 18.6 Å². The summed E-state index contributed by atoms with van der Waals surface area (Å²) in [6.07, 6.45) is -4.97. The lowest BCUT2D eigenvalue weighted by Gasteiger charge is -2.18. The number of halogens is 4. The molecule has 1 rings (SSSR count). The lowest BCUT2D eigenvalue weighted by atomic mass is 10.1. The number of alkyl halides is 3. The van der Waals surface area contributed by atoms with Crippen molar-refractivity contribution in [3.05, 3.63) is 20.3 Å². The molecule has 1 unspecified atom stereocenters. The maximum atomic E-state index is 12.4. The molecule has 1 nitrogen and oxygen atoms in total. The van der Waals surface area contributed by atoms with Crippen molar-refractivity contribution in [1.29, 1.82) is 0 Å². The summed E-state index contributed by atoms with van der Waals surface area (Å²) in [5, 5.41) is 2.87. The van der Waals surface area contributed by atoms with Gasteiger partial charge in [-0.05, 0) is 35.5 Å². The van der Waals surface area contributed by atoms with E-state index in [2.05, 4.69) is 21.2 Å². The summed E-state index contributed by atoms with van der Waals surface area (Å²) in [4.78, 5) is 1.73. The Morgan fingerprint density at radius 3 is 2.50 bits per heavy atom. The summed E-state index contributed by atoms with van der Waals surface area (Å²) in [5.74, 6) is 0. The molecule has 0 aliphatic rings. The van der Waals surface area contributed by atoms with E-state index >= 15 is 0 Å². The fourth-order valence-corrected chi connectivity index (χ4v) is 3.04. The van der Waals surface area contributed by atoms with Gasteiger partial charge in [0.1, 0.15) is 0 Å². The highest BCUT2D eigenvalue weighted by Gasteiger charge is 2.33. The van der Waals surface area contributed by atoms with E-state index in [1.807, 2.05) is 6.92 Å². The minimum Gasteiger partial charge on any atom is -0.309 e. The van der Waals surface area contributed by atoms with E-state index in [4.69, 9.17) is 0 Å². The third kappa shape index (κ3) is 4.07. The number of hydrogen-bond acceptors (Lipinski definition) is 2. The third-order valence-corrected chi connectivity index (χ3v) is 4.36. The standard InChI is InChI=1S/C10H13BrF3NS/c1-3-15-8(5-10(12,13)14)9-4-7(11)6(2)16-9/h4,8,15H,3,5H2,1-2H3. The molecular formula is C10H13BrF3NS. The quantitative estimate of drug-likeness (QED) is 0.867. The molecule has 1 N–H and O–H groups in total. The molecule has 1 atom stereocenters. The van der Waals surface area contributed by atoms with Gasteiger partial charge in [-0.3, -0.25) is 0 Å². The van der Waals surface area contributed by atoms with Gasteiger partial charge in [0.15, 0.2) is 0 Å². The van der Waals surface area contributed by atoms with Crippen LogP contribution in [0.25, 0.3) is 0 Å². The molecule has 16 heavy (non-hydrogen) atoms. The Kier molecular flexibility index (Phi) is 4.82. The lowest BCUT2D eigenvalue weighted by molar-refractivity contribution is -0.140. The van der Waals surface area contributed by atoms with Crippen LogP contribution in [0.4, 0.5) is 13.2 Å². The molecule has 0 saturated carbocycles. The van der Waals surface area contributed by atoms with Crippen molar-refractivity contribution in [2.45, 2.75) is 32.5 Å². The first kappa shape index (κ1) is 14.0. The molecule has 92 valence electrons. The number of rotatable bonds is 4. The van der Waals surface area contributed by atoms with Gasteiger partial charge in [-0.1, -0.05) is 6.92 Å². The zero-order valence-electron chi connectivity index (χ0n) is 8.99. The molecule has 0 amide bonds. The van der Waals surface area contributed by atoms with Gasteiger partial charge in [0, 0.05) is 14.2 Å². The van der Waals surface area contributed by atoms with Crippen molar-refractivity contribution in [3.63, 3.8) is 0 Å². The maximum Gasteiger partial charge on any atom is 0.390 e. The van der Waals surface area contributed by atoms with Gasteiger partial charge in [0.2, 0.25) is 0 Å². The zero-order chi connectivity index (χ0) is 12.3. The van der Waals surface area contributed by atoms with Crippen LogP contribution in [0.1, 0.15) is 29.1 Å². The Labute approximate surface area is 105 Å². The predicted molar refractivity (Wildman–Crippen MR) is 63.8 cm³/mol. The Hall–Kier alpha value is -0.0700. The molecule has 1 aromatic rings. The Bertz CT molecular complexity index is 329. The third-order valence-electron chi connectivity index (χ3n) is 2.11. The van der Waals surface area contributed by atoms with Crippen molar-refractivity contribution in [1.82, 2.24) is 5.32 Å². The van der Waals surface area contributed by atoms with Gasteiger partial charge in [-0.15, -0.1) is 11.3 Å². The lowest BCUT2D eigenvalue weighted by Crippen LogP contribution is -2.25. The minimum absolute atomic E-state index is 0.523. The zero-order valence-corrected chi connectivity index (χ0v) is 11.4. The van der Waals surface area contributed by atoms with Crippen LogP contribution in [-0.4, -0.2) is 12.7 Å². The van der Waals surface area contributed by atoms with Crippen LogP contribution in [0.15, 0.2) is 10.5 Å². The molecular weight excluding hydrogens is 303 g/mol. The van der Waals surface area contributed by atoms with E-state index in [1.54, 1.807) is 13.0 Å². The summed E-state index contributed by atoms with van der Waals surface area (Å²) < 4.78 is 38.0. The highest BCUT2D eigenvalue weighted by Crippen LogP contribution is 2.36. The van der Waals surface area contributed by atoms with Crippen molar-refractivity contribution >= 4 is 27.3 Å². The van der Waals surface area contributed by atoms with Crippen molar-refractivity contribution < 1.29 is 13.2 Å². The van der Waals surface area contributed by atoms with Crippen LogP contribution in [-0.2, 0) is 0 Å². The summed E-state index contributed by atoms with van der Waals surface area (Å²) in [6.45, 7) is 4.21. The normalized spacial score (nSPS) is 14.1. The summed E-state index contributed by atoms with van der Waals surface area (Å²) >= 11 is 4.71. The second-order valence-corrected chi connectivity index (χ2v) is 5.62. The van der Waals surface area contributed by atoms with E-state index in [-0.39, 0.29) is 0 Å². The molecule has 0 spiro atoms. The molecule has 0 bridgehead atoms. The predicted octanol–water partition coefficient (Wildman–Crippen LogP) is 4.42. The van der Waals surface area contributed by atoms with Gasteiger partial charge in [0.25, 0.3) is 0 Å². The monoisotopic (exact) mass is 315 g/mol. The van der Waals surface area contributed by atoms with Crippen LogP contribution < -0.4 is 5.32 Å². The molecule has 0 aliphatic heterocycles. The first-order valence-electron chi connectivity index (χ1n) is 4.89. The van der Waals surface area contributed by atoms with Gasteiger partial charge >= 0.3 is 6.18 Å². The number of aryl methyl sites for hydroxylation is 1. The summed E-state index contributed by atoms with van der Waals surface area (Å²) in [6, 6.07) is 1.12. The van der Waals surface area contributed by atoms with Gasteiger partial charge in [-0.2, -0.15) is 13.2 Å². The number of nitrogens with one attached hydrogen (secondary N) is 1. The van der Waals surface area contributed by atoms with E-state index in [0.29, 0.717) is 6.54 Å². The first-order chi connectivity index (χ1) is 7.33. The molecule has 0 aromatic carbocycles. The summed E-state index contributed by atoms with van der Waals surface area (Å²) in [7, 11) is 0. The van der Waals surface area contributed by atoms with Crippen molar-refractivity contribution in [2.24, 2.45) is 0 Å². The van der Waals surface area contributed by atoms with Crippen LogP contribution in [0, 0.1) is 6.92 Å². The Morgan fingerprint density at radius 2 is 2.12 bits per heavy atom. The molecule has 6 heteroatoms. The largest absolute Gasteiger partial charge is 0.390 e. The molecule has 0 radical (unpaired) electrons. The molecule has 0 fully saturated rings. The highest BCUT2D eigenvalue weighted by molar-refractivity contribution is 9.10. The fourth-order valence-electron chi connectivity index (χ4n) is 1.40. The molecule has 1 heterocycles. The minimum atomic E-state index is -4.14. The van der Waals surface area contributed by atoms with Crippen molar-refractivity contribution in [3.8, 4) is 0 Å². The molecule has 0 saturated heterocycles. The second kappa shape index (κ2) is 5.51. The molecule has 0 aliphatic carbocycles. The highest BCUT2D eigenvalue weighted by atomic mass is 79.9. The van der Waals surface area contributed by atoms with Crippen LogP contribution in [0.2, 0.25) is 0 Å². The van der Waals surface area contributed by atoms with E-state index in [9.17, 15) is 13.2 Å². The Balaban J connectivity index is 2.85. The Morgan fingerprint density at radius 1 is 1.50 bits per heavy atom. The van der Waals surface area contributed by atoms with Gasteiger partial charge in [-0.25, -0.2) is 0 Å². The maximum absolute atomic E-state index is 12.4. The second-order valence-electron chi connectivity index (χ2n) is 3.48. The average Bonchev–Trinajstić information content (AvgIpc) is 2.44. The SMILES string of the molecule is CCNC(CC(F)(F)F)c1cc(Br)c(C)s1.